The van der Waals surface area contributed by atoms with Crippen LogP contribution in [0.3, 0.4) is 0 Å². The highest BCUT2D eigenvalue weighted by molar-refractivity contribution is 5.76. The van der Waals surface area contributed by atoms with Gasteiger partial charge in [0.2, 0.25) is 5.91 Å². The van der Waals surface area contributed by atoms with Gasteiger partial charge in [-0.05, 0) is 44.9 Å². The summed E-state index contributed by atoms with van der Waals surface area (Å²) in [7, 11) is 0. The van der Waals surface area contributed by atoms with Crippen LogP contribution in [0.4, 0.5) is 0 Å². The molecule has 0 bridgehead atoms. The lowest BCUT2D eigenvalue weighted by molar-refractivity contribution is -0.131. The van der Waals surface area contributed by atoms with Crippen LogP contribution in [0.25, 0.3) is 0 Å². The number of hydrogen-bond donors (Lipinski definition) is 0. The molecule has 0 aliphatic heterocycles. The van der Waals surface area contributed by atoms with E-state index in [1.165, 1.54) is 77.0 Å². The van der Waals surface area contributed by atoms with Crippen LogP contribution in [0.1, 0.15) is 124 Å². The molecule has 0 unspecified atom stereocenters. The molecule has 0 aromatic heterocycles. The van der Waals surface area contributed by atoms with Gasteiger partial charge in [-0.1, -0.05) is 84.3 Å². The summed E-state index contributed by atoms with van der Waals surface area (Å²) in [5.74, 6) is 0.367. The van der Waals surface area contributed by atoms with Gasteiger partial charge in [-0.15, -0.1) is 0 Å². The standard InChI is InChI=1S/C24H47NO/c1-4-7-8-9-10-11-12-13-14-15-16-17-18-19-20-21-24(26)25(22-5-2)23-6-3/h13-14H,4-12,15-23H2,1-3H3/b14-13-. The van der Waals surface area contributed by atoms with Gasteiger partial charge in [0, 0.05) is 19.5 Å². The molecule has 0 fully saturated rings. The van der Waals surface area contributed by atoms with E-state index >= 15 is 0 Å². The largest absolute Gasteiger partial charge is 0.343 e. The highest BCUT2D eigenvalue weighted by atomic mass is 16.2. The number of carbonyl (C=O) groups excluding carboxylic acids is 1. The van der Waals surface area contributed by atoms with Crippen LogP contribution >= 0.6 is 0 Å². The molecule has 0 aromatic carbocycles. The molecule has 2 heteroatoms. The third-order valence-corrected chi connectivity index (χ3v) is 4.99. The summed E-state index contributed by atoms with van der Waals surface area (Å²) in [4.78, 5) is 14.2. The first-order valence-electron chi connectivity index (χ1n) is 11.7. The Morgan fingerprint density at radius 1 is 0.615 bits per heavy atom. The van der Waals surface area contributed by atoms with Crippen LogP contribution in [0.2, 0.25) is 0 Å². The Balaban J connectivity index is 3.39. The number of carbonyl (C=O) groups is 1. The first-order chi connectivity index (χ1) is 12.8. The molecule has 0 saturated heterocycles. The first-order valence-corrected chi connectivity index (χ1v) is 11.7. The molecule has 0 aliphatic rings. The van der Waals surface area contributed by atoms with E-state index in [1.54, 1.807) is 0 Å². The predicted octanol–water partition coefficient (Wildman–Crippen LogP) is 7.67. The summed E-state index contributed by atoms with van der Waals surface area (Å²) in [5.41, 5.74) is 0. The molecule has 0 aromatic rings. The highest BCUT2D eigenvalue weighted by Crippen LogP contribution is 2.11. The minimum atomic E-state index is 0.367. The fourth-order valence-corrected chi connectivity index (χ4v) is 3.41. The topological polar surface area (TPSA) is 20.3 Å². The van der Waals surface area contributed by atoms with E-state index < -0.39 is 0 Å². The average molecular weight is 366 g/mol. The second kappa shape index (κ2) is 20.5. The minimum Gasteiger partial charge on any atom is -0.343 e. The monoisotopic (exact) mass is 365 g/mol. The van der Waals surface area contributed by atoms with Crippen molar-refractivity contribution in [3.8, 4) is 0 Å². The molecular weight excluding hydrogens is 318 g/mol. The van der Waals surface area contributed by atoms with Crippen molar-refractivity contribution in [2.45, 2.75) is 124 Å². The molecule has 154 valence electrons. The van der Waals surface area contributed by atoms with Crippen LogP contribution < -0.4 is 0 Å². The van der Waals surface area contributed by atoms with E-state index in [0.29, 0.717) is 5.91 Å². The fourth-order valence-electron chi connectivity index (χ4n) is 3.41. The smallest absolute Gasteiger partial charge is 0.222 e. The Kier molecular flexibility index (Phi) is 19.9. The second-order valence-corrected chi connectivity index (χ2v) is 7.72. The van der Waals surface area contributed by atoms with Crippen LogP contribution in [0.5, 0.6) is 0 Å². The fraction of sp³-hybridized carbons (Fsp3) is 0.875. The molecule has 26 heavy (non-hydrogen) atoms. The Labute approximate surface area is 164 Å². The van der Waals surface area contributed by atoms with Gasteiger partial charge in [-0.25, -0.2) is 0 Å². The normalized spacial score (nSPS) is 11.3. The van der Waals surface area contributed by atoms with Crippen molar-refractivity contribution in [2.24, 2.45) is 0 Å². The van der Waals surface area contributed by atoms with Crippen molar-refractivity contribution >= 4 is 5.91 Å². The van der Waals surface area contributed by atoms with E-state index in [0.717, 1.165) is 38.8 Å². The zero-order valence-electron chi connectivity index (χ0n) is 18.2. The SMILES string of the molecule is CCCCCCCC/C=C\CCCCCCCC(=O)N(CCC)CCC. The molecule has 0 atom stereocenters. The van der Waals surface area contributed by atoms with Gasteiger partial charge in [0.15, 0.2) is 0 Å². The lowest BCUT2D eigenvalue weighted by atomic mass is 10.1. The lowest BCUT2D eigenvalue weighted by Gasteiger charge is -2.21. The Morgan fingerprint density at radius 3 is 1.58 bits per heavy atom. The number of hydrogen-bond acceptors (Lipinski definition) is 1. The predicted molar refractivity (Wildman–Crippen MR) is 117 cm³/mol. The van der Waals surface area contributed by atoms with Crippen molar-refractivity contribution in [3.05, 3.63) is 12.2 Å². The van der Waals surface area contributed by atoms with Gasteiger partial charge in [-0.3, -0.25) is 4.79 Å². The molecule has 0 rings (SSSR count). The maximum absolute atomic E-state index is 12.2. The zero-order chi connectivity index (χ0) is 19.3. The molecule has 0 heterocycles. The van der Waals surface area contributed by atoms with Gasteiger partial charge in [0.25, 0.3) is 0 Å². The lowest BCUT2D eigenvalue weighted by Crippen LogP contribution is -2.32. The third kappa shape index (κ3) is 16.7. The van der Waals surface area contributed by atoms with Crippen molar-refractivity contribution in [1.82, 2.24) is 4.90 Å². The minimum absolute atomic E-state index is 0.367. The molecule has 0 N–H and O–H groups in total. The van der Waals surface area contributed by atoms with Crippen molar-refractivity contribution < 1.29 is 4.79 Å². The van der Waals surface area contributed by atoms with Crippen LogP contribution in [0, 0.1) is 0 Å². The molecule has 2 nitrogen and oxygen atoms in total. The summed E-state index contributed by atoms with van der Waals surface area (Å²) >= 11 is 0. The van der Waals surface area contributed by atoms with Gasteiger partial charge < -0.3 is 4.90 Å². The molecule has 0 spiro atoms. The number of unbranched alkanes of at least 4 members (excludes halogenated alkanes) is 11. The maximum atomic E-state index is 12.2. The van der Waals surface area contributed by atoms with Crippen LogP contribution in [-0.2, 0) is 4.79 Å². The summed E-state index contributed by atoms with van der Waals surface area (Å²) in [6.45, 7) is 8.43. The van der Waals surface area contributed by atoms with Crippen LogP contribution in [-0.4, -0.2) is 23.9 Å². The maximum Gasteiger partial charge on any atom is 0.222 e. The zero-order valence-corrected chi connectivity index (χ0v) is 18.2. The quantitative estimate of drug-likeness (QED) is 0.170. The summed E-state index contributed by atoms with van der Waals surface area (Å²) in [5, 5.41) is 0. The van der Waals surface area contributed by atoms with Gasteiger partial charge in [0.1, 0.15) is 0 Å². The Bertz CT molecular complexity index is 318. The Morgan fingerprint density at radius 2 is 1.08 bits per heavy atom. The summed E-state index contributed by atoms with van der Waals surface area (Å²) in [6.07, 6.45) is 24.6. The molecule has 0 aliphatic carbocycles. The van der Waals surface area contributed by atoms with Gasteiger partial charge in [-0.2, -0.15) is 0 Å². The number of nitrogens with zero attached hydrogens (tertiary/aromatic N) is 1. The van der Waals surface area contributed by atoms with E-state index in [-0.39, 0.29) is 0 Å². The van der Waals surface area contributed by atoms with Crippen LogP contribution in [0.15, 0.2) is 12.2 Å². The van der Waals surface area contributed by atoms with Crippen molar-refractivity contribution in [1.29, 1.82) is 0 Å². The number of allylic oxidation sites excluding steroid dienone is 2. The molecular formula is C24H47NO. The third-order valence-electron chi connectivity index (χ3n) is 4.99. The summed E-state index contributed by atoms with van der Waals surface area (Å²) in [6, 6.07) is 0. The summed E-state index contributed by atoms with van der Waals surface area (Å²) < 4.78 is 0. The van der Waals surface area contributed by atoms with E-state index in [4.69, 9.17) is 0 Å². The number of amides is 1. The van der Waals surface area contributed by atoms with E-state index in [1.807, 2.05) is 0 Å². The average Bonchev–Trinajstić information content (AvgIpc) is 2.64. The van der Waals surface area contributed by atoms with Gasteiger partial charge >= 0.3 is 0 Å². The molecule has 1 amide bonds. The molecule has 0 saturated carbocycles. The molecule has 0 radical (unpaired) electrons. The van der Waals surface area contributed by atoms with Crippen molar-refractivity contribution in [2.75, 3.05) is 13.1 Å². The van der Waals surface area contributed by atoms with Crippen molar-refractivity contribution in [3.63, 3.8) is 0 Å². The Hall–Kier alpha value is -0.790. The number of rotatable bonds is 19. The van der Waals surface area contributed by atoms with E-state index in [2.05, 4.69) is 37.8 Å². The highest BCUT2D eigenvalue weighted by Gasteiger charge is 2.10. The van der Waals surface area contributed by atoms with E-state index in [9.17, 15) is 4.79 Å². The first kappa shape index (κ1) is 25.2. The van der Waals surface area contributed by atoms with Gasteiger partial charge in [0.05, 0.1) is 0 Å². The second-order valence-electron chi connectivity index (χ2n) is 7.72.